The summed E-state index contributed by atoms with van der Waals surface area (Å²) in [4.78, 5) is 27.9. The van der Waals surface area contributed by atoms with Gasteiger partial charge in [-0.15, -0.1) is 0 Å². The van der Waals surface area contributed by atoms with E-state index in [1.54, 1.807) is 30.6 Å². The van der Waals surface area contributed by atoms with Crippen molar-refractivity contribution in [2.45, 2.75) is 51.8 Å². The van der Waals surface area contributed by atoms with Gasteiger partial charge < -0.3 is 14.5 Å². The third kappa shape index (κ3) is 6.14. The van der Waals surface area contributed by atoms with Gasteiger partial charge in [0.25, 0.3) is 0 Å². The maximum Gasteiger partial charge on any atom is 0.416 e. The van der Waals surface area contributed by atoms with Gasteiger partial charge in [-0.2, -0.15) is 13.2 Å². The Kier molecular flexibility index (Phi) is 6.62. The first-order chi connectivity index (χ1) is 12.9. The van der Waals surface area contributed by atoms with Crippen molar-refractivity contribution in [3.05, 3.63) is 35.4 Å². The molecule has 1 saturated heterocycles. The van der Waals surface area contributed by atoms with Crippen molar-refractivity contribution in [3.8, 4) is 0 Å². The van der Waals surface area contributed by atoms with E-state index in [9.17, 15) is 22.8 Å². The second-order valence-electron chi connectivity index (χ2n) is 8.07. The molecule has 0 N–H and O–H groups in total. The number of ether oxygens (including phenoxy) is 1. The smallest absolute Gasteiger partial charge is 0.416 e. The summed E-state index contributed by atoms with van der Waals surface area (Å²) in [6.07, 6.45) is -4.55. The van der Waals surface area contributed by atoms with Gasteiger partial charge in [-0.25, -0.2) is 4.79 Å². The number of carbonyl (C=O) groups excluding carboxylic acids is 2. The van der Waals surface area contributed by atoms with Crippen molar-refractivity contribution < 1.29 is 27.5 Å². The topological polar surface area (TPSA) is 49.9 Å². The Bertz CT molecular complexity index is 688. The molecule has 5 nitrogen and oxygen atoms in total. The average molecular weight is 400 g/mol. The Morgan fingerprint density at radius 1 is 1.00 bits per heavy atom. The standard InChI is InChI=1S/C20H27F3N2O3/c1-14(15-5-7-16(8-6-15)20(21,22)23)13-17(26)24-9-11-25(12-10-24)18(27)28-19(2,3)4/h5-8,14H,9-13H2,1-4H3/t14-/m0/s1. The molecule has 0 radical (unpaired) electrons. The number of halogens is 3. The van der Waals surface area contributed by atoms with Crippen molar-refractivity contribution in [2.24, 2.45) is 0 Å². The number of benzene rings is 1. The fourth-order valence-electron chi connectivity index (χ4n) is 2.97. The van der Waals surface area contributed by atoms with Gasteiger partial charge in [0.2, 0.25) is 5.91 Å². The second kappa shape index (κ2) is 8.41. The number of amides is 2. The number of hydrogen-bond donors (Lipinski definition) is 0. The molecule has 0 spiro atoms. The zero-order valence-corrected chi connectivity index (χ0v) is 16.7. The molecule has 1 aromatic rings. The lowest BCUT2D eigenvalue weighted by Gasteiger charge is -2.36. The molecule has 1 aromatic carbocycles. The highest BCUT2D eigenvalue weighted by molar-refractivity contribution is 5.77. The number of alkyl halides is 3. The minimum Gasteiger partial charge on any atom is -0.444 e. The molecule has 156 valence electrons. The van der Waals surface area contributed by atoms with Crippen LogP contribution in [0.5, 0.6) is 0 Å². The van der Waals surface area contributed by atoms with Gasteiger partial charge in [0.1, 0.15) is 5.60 Å². The number of hydrogen-bond acceptors (Lipinski definition) is 3. The molecule has 2 rings (SSSR count). The van der Waals surface area contributed by atoms with Crippen LogP contribution in [0.1, 0.15) is 51.2 Å². The molecule has 1 aliphatic heterocycles. The minimum absolute atomic E-state index is 0.0729. The third-order valence-corrected chi connectivity index (χ3v) is 4.57. The summed E-state index contributed by atoms with van der Waals surface area (Å²) in [5, 5.41) is 0. The Balaban J connectivity index is 1.86. The van der Waals surface area contributed by atoms with E-state index >= 15 is 0 Å². The summed E-state index contributed by atoms with van der Waals surface area (Å²) in [7, 11) is 0. The van der Waals surface area contributed by atoms with Crippen LogP contribution in [-0.4, -0.2) is 53.6 Å². The van der Waals surface area contributed by atoms with Crippen molar-refractivity contribution >= 4 is 12.0 Å². The first-order valence-electron chi connectivity index (χ1n) is 9.29. The predicted molar refractivity (Wildman–Crippen MR) is 98.9 cm³/mol. The van der Waals surface area contributed by atoms with Gasteiger partial charge >= 0.3 is 12.3 Å². The van der Waals surface area contributed by atoms with E-state index in [1.807, 2.05) is 6.92 Å². The number of rotatable bonds is 3. The first-order valence-corrected chi connectivity index (χ1v) is 9.29. The van der Waals surface area contributed by atoms with Crippen LogP contribution >= 0.6 is 0 Å². The van der Waals surface area contributed by atoms with E-state index in [-0.39, 0.29) is 18.2 Å². The Morgan fingerprint density at radius 3 is 1.96 bits per heavy atom. The molecule has 1 atom stereocenters. The number of carbonyl (C=O) groups is 2. The summed E-state index contributed by atoms with van der Waals surface area (Å²) in [5.41, 5.74) is -0.581. The first kappa shape index (κ1) is 22.0. The molecule has 0 aliphatic carbocycles. The van der Waals surface area contributed by atoms with Crippen LogP contribution < -0.4 is 0 Å². The maximum absolute atomic E-state index is 12.7. The molecule has 0 aromatic heterocycles. The van der Waals surface area contributed by atoms with Crippen LogP contribution in [0.15, 0.2) is 24.3 Å². The summed E-state index contributed by atoms with van der Waals surface area (Å²) in [6, 6.07) is 4.91. The predicted octanol–water partition coefficient (Wildman–Crippen LogP) is 4.28. The summed E-state index contributed by atoms with van der Waals surface area (Å²) in [5.74, 6) is -0.269. The largest absolute Gasteiger partial charge is 0.444 e. The molecular formula is C20H27F3N2O3. The maximum atomic E-state index is 12.7. The summed E-state index contributed by atoms with van der Waals surface area (Å²) >= 11 is 0. The Morgan fingerprint density at radius 2 is 1.50 bits per heavy atom. The van der Waals surface area contributed by atoms with Crippen molar-refractivity contribution in [2.75, 3.05) is 26.2 Å². The lowest BCUT2D eigenvalue weighted by molar-refractivity contribution is -0.137. The molecule has 28 heavy (non-hydrogen) atoms. The Labute approximate surface area is 163 Å². The summed E-state index contributed by atoms with van der Waals surface area (Å²) < 4.78 is 43.3. The monoisotopic (exact) mass is 400 g/mol. The summed E-state index contributed by atoms with van der Waals surface area (Å²) in [6.45, 7) is 8.84. The quantitative estimate of drug-likeness (QED) is 0.761. The zero-order valence-electron chi connectivity index (χ0n) is 16.7. The van der Waals surface area contributed by atoms with Crippen molar-refractivity contribution in [3.63, 3.8) is 0 Å². The molecular weight excluding hydrogens is 373 g/mol. The highest BCUT2D eigenvalue weighted by atomic mass is 19.4. The van der Waals surface area contributed by atoms with Gasteiger partial charge in [-0.3, -0.25) is 4.79 Å². The molecule has 2 amide bonds. The van der Waals surface area contributed by atoms with E-state index < -0.39 is 23.4 Å². The van der Waals surface area contributed by atoms with Gasteiger partial charge in [0.05, 0.1) is 5.56 Å². The molecule has 0 bridgehead atoms. The highest BCUT2D eigenvalue weighted by Gasteiger charge is 2.31. The average Bonchev–Trinajstić information content (AvgIpc) is 2.59. The van der Waals surface area contributed by atoms with Crippen LogP contribution in [-0.2, 0) is 15.7 Å². The van der Waals surface area contributed by atoms with E-state index in [4.69, 9.17) is 4.74 Å². The van der Waals surface area contributed by atoms with Crippen molar-refractivity contribution in [1.29, 1.82) is 0 Å². The lowest BCUT2D eigenvalue weighted by atomic mass is 9.96. The normalized spacial score (nSPS) is 16.7. The van der Waals surface area contributed by atoms with E-state index in [2.05, 4.69) is 0 Å². The van der Waals surface area contributed by atoms with Gasteiger partial charge in [-0.1, -0.05) is 19.1 Å². The second-order valence-corrected chi connectivity index (χ2v) is 8.07. The molecule has 1 heterocycles. The molecule has 0 saturated carbocycles. The van der Waals surface area contributed by atoms with Crippen LogP contribution in [0, 0.1) is 0 Å². The molecule has 8 heteroatoms. The van der Waals surface area contributed by atoms with Gasteiger partial charge in [-0.05, 0) is 44.4 Å². The minimum atomic E-state index is -4.37. The van der Waals surface area contributed by atoms with Crippen LogP contribution in [0.2, 0.25) is 0 Å². The zero-order chi connectivity index (χ0) is 21.1. The van der Waals surface area contributed by atoms with Gasteiger partial charge in [0.15, 0.2) is 0 Å². The molecule has 0 unspecified atom stereocenters. The number of piperazine rings is 1. The van der Waals surface area contributed by atoms with Crippen LogP contribution in [0.4, 0.5) is 18.0 Å². The SMILES string of the molecule is C[C@@H](CC(=O)N1CCN(C(=O)OC(C)(C)C)CC1)c1ccc(C(F)(F)F)cc1. The number of nitrogens with zero attached hydrogens (tertiary/aromatic N) is 2. The fourth-order valence-corrected chi connectivity index (χ4v) is 2.97. The van der Waals surface area contributed by atoms with E-state index in [1.165, 1.54) is 12.1 Å². The third-order valence-electron chi connectivity index (χ3n) is 4.57. The van der Waals surface area contributed by atoms with E-state index in [0.29, 0.717) is 31.7 Å². The van der Waals surface area contributed by atoms with Crippen molar-refractivity contribution in [1.82, 2.24) is 9.80 Å². The van der Waals surface area contributed by atoms with Crippen LogP contribution in [0.25, 0.3) is 0 Å². The fraction of sp³-hybridized carbons (Fsp3) is 0.600. The van der Waals surface area contributed by atoms with E-state index in [0.717, 1.165) is 12.1 Å². The highest BCUT2D eigenvalue weighted by Crippen LogP contribution is 2.30. The van der Waals surface area contributed by atoms with Crippen LogP contribution in [0.3, 0.4) is 0 Å². The lowest BCUT2D eigenvalue weighted by Crippen LogP contribution is -2.51. The molecule has 1 fully saturated rings. The Hall–Kier alpha value is -2.25. The molecule has 1 aliphatic rings. The van der Waals surface area contributed by atoms with Gasteiger partial charge in [0, 0.05) is 32.6 Å².